The van der Waals surface area contributed by atoms with Crippen LogP contribution >= 0.6 is 31.0 Å². The molecule has 0 aliphatic heterocycles. The van der Waals surface area contributed by atoms with E-state index in [-0.39, 0.29) is 6.10 Å². The van der Waals surface area contributed by atoms with Crippen LogP contribution in [0.2, 0.25) is 5.02 Å². The molecule has 23 heavy (non-hydrogen) atoms. The van der Waals surface area contributed by atoms with E-state index in [0.29, 0.717) is 11.6 Å². The molecule has 2 aromatic rings. The summed E-state index contributed by atoms with van der Waals surface area (Å²) in [5, 5.41) is 4.08. The molecule has 0 spiro atoms. The van der Waals surface area contributed by atoms with Crippen molar-refractivity contribution in [2.24, 2.45) is 0 Å². The number of halogens is 3. The molecule has 0 bridgehead atoms. The van der Waals surface area contributed by atoms with E-state index in [2.05, 4.69) is 5.32 Å². The van der Waals surface area contributed by atoms with E-state index in [1.807, 2.05) is 60.9 Å². The molecule has 0 aliphatic carbocycles. The van der Waals surface area contributed by atoms with Gasteiger partial charge in [0.1, 0.15) is 0 Å². The molecule has 2 rings (SSSR count). The normalized spacial score (nSPS) is 11.3. The molecule has 0 saturated carbocycles. The van der Waals surface area contributed by atoms with Gasteiger partial charge in [-0.15, -0.1) is 0 Å². The predicted molar refractivity (Wildman–Crippen MR) is 97.9 cm³/mol. The van der Waals surface area contributed by atoms with E-state index in [0.717, 1.165) is 22.6 Å². The summed E-state index contributed by atoms with van der Waals surface area (Å²) in [5.41, 5.74) is 3.03. The zero-order valence-electron chi connectivity index (χ0n) is 12.8. The van der Waals surface area contributed by atoms with Crippen molar-refractivity contribution in [1.82, 2.24) is 0 Å². The number of ether oxygens (including phenoxy) is 1. The van der Waals surface area contributed by atoms with Gasteiger partial charge in [0.2, 0.25) is 0 Å². The van der Waals surface area contributed by atoms with Gasteiger partial charge in [-0.3, -0.25) is 0 Å². The van der Waals surface area contributed by atoms with Crippen molar-refractivity contribution >= 4 is 41.3 Å². The predicted octanol–water partition coefficient (Wildman–Crippen LogP) is 5.82. The Hall–Kier alpha value is -0.597. The Bertz CT molecular complexity index is 700. The van der Waals surface area contributed by atoms with Gasteiger partial charge in [0, 0.05) is 0 Å². The maximum atomic E-state index is 6.07. The molecule has 0 saturated heterocycles. The van der Waals surface area contributed by atoms with Crippen molar-refractivity contribution in [3.05, 3.63) is 58.6 Å². The minimum absolute atomic E-state index is 0.122. The first-order valence-electron chi connectivity index (χ1n) is 7.07. The molecule has 0 fully saturated rings. The van der Waals surface area contributed by atoms with Gasteiger partial charge in [0.05, 0.1) is 0 Å². The minimum atomic E-state index is -1.91. The molecular formula is C17H18Cl3NORu. The van der Waals surface area contributed by atoms with Gasteiger partial charge in [-0.05, 0) is 0 Å². The quantitative estimate of drug-likeness (QED) is 0.550. The fourth-order valence-electron chi connectivity index (χ4n) is 2.06. The number of benzene rings is 2. The summed E-state index contributed by atoms with van der Waals surface area (Å²) in [4.78, 5) is 0. The summed E-state index contributed by atoms with van der Waals surface area (Å²) < 4.78 is 7.73. The second-order valence-electron chi connectivity index (χ2n) is 5.17. The summed E-state index contributed by atoms with van der Waals surface area (Å²) in [6.45, 7) is 4.65. The van der Waals surface area contributed by atoms with Crippen molar-refractivity contribution < 1.29 is 18.3 Å². The Kier molecular flexibility index (Phi) is 7.36. The first-order chi connectivity index (χ1) is 11.0. The molecule has 6 heteroatoms. The van der Waals surface area contributed by atoms with Gasteiger partial charge in [0.25, 0.3) is 0 Å². The number of para-hydroxylation sites is 2. The molecule has 2 nitrogen and oxygen atoms in total. The van der Waals surface area contributed by atoms with Crippen molar-refractivity contribution in [1.29, 1.82) is 0 Å². The molecule has 0 radical (unpaired) electrons. The molecule has 0 unspecified atom stereocenters. The first-order valence-corrected chi connectivity index (χ1v) is 12.9. The zero-order valence-corrected chi connectivity index (χ0v) is 16.8. The van der Waals surface area contributed by atoms with Crippen LogP contribution in [-0.4, -0.2) is 10.7 Å². The Morgan fingerprint density at radius 1 is 1.17 bits per heavy atom. The van der Waals surface area contributed by atoms with Crippen LogP contribution in [0.5, 0.6) is 5.75 Å². The fraction of sp³-hybridized carbons (Fsp3) is 0.235. The Morgan fingerprint density at radius 3 is 2.61 bits per heavy atom. The summed E-state index contributed by atoms with van der Waals surface area (Å²) in [6.07, 6.45) is 0.122. The van der Waals surface area contributed by atoms with Crippen LogP contribution in [0, 0.1) is 0 Å². The summed E-state index contributed by atoms with van der Waals surface area (Å²) in [6, 6.07) is 13.6. The van der Waals surface area contributed by atoms with Crippen molar-refractivity contribution in [3.63, 3.8) is 0 Å². The number of hydrogen-bond acceptors (Lipinski definition) is 2. The average molecular weight is 460 g/mol. The Morgan fingerprint density at radius 2 is 1.91 bits per heavy atom. The second kappa shape index (κ2) is 9.04. The molecular weight excluding hydrogens is 442 g/mol. The monoisotopic (exact) mass is 459 g/mol. The van der Waals surface area contributed by atoms with E-state index in [9.17, 15) is 0 Å². The molecule has 126 valence electrons. The van der Waals surface area contributed by atoms with Gasteiger partial charge >= 0.3 is 156 Å². The van der Waals surface area contributed by atoms with E-state index >= 15 is 0 Å². The van der Waals surface area contributed by atoms with Crippen LogP contribution in [0.15, 0.2) is 42.5 Å². The third-order valence-electron chi connectivity index (χ3n) is 3.01. The third kappa shape index (κ3) is 6.08. The van der Waals surface area contributed by atoms with Crippen LogP contribution in [0.25, 0.3) is 0 Å². The summed E-state index contributed by atoms with van der Waals surface area (Å²) in [7, 11) is 12.0. The molecule has 0 aromatic heterocycles. The fourth-order valence-corrected chi connectivity index (χ4v) is 4.10. The molecule has 1 N–H and O–H groups in total. The second-order valence-corrected chi connectivity index (χ2v) is 11.3. The SMILES string of the molecule is CC(C)Oc1ccccc1NCc1ccc(Cl)cc1[CH]=[Ru]([Cl])[Cl]. The van der Waals surface area contributed by atoms with Gasteiger partial charge in [-0.2, -0.15) is 0 Å². The molecule has 0 aliphatic rings. The summed E-state index contributed by atoms with van der Waals surface area (Å²) in [5.74, 6) is 0.837. The van der Waals surface area contributed by atoms with Crippen LogP contribution < -0.4 is 10.1 Å². The van der Waals surface area contributed by atoms with Crippen molar-refractivity contribution in [3.8, 4) is 5.75 Å². The molecule has 0 heterocycles. The van der Waals surface area contributed by atoms with E-state index in [1.165, 1.54) is 0 Å². The zero-order chi connectivity index (χ0) is 16.8. The molecule has 0 amide bonds. The molecule has 2 aromatic carbocycles. The van der Waals surface area contributed by atoms with E-state index in [4.69, 9.17) is 35.7 Å². The Labute approximate surface area is 155 Å². The van der Waals surface area contributed by atoms with Gasteiger partial charge in [0.15, 0.2) is 0 Å². The van der Waals surface area contributed by atoms with Crippen LogP contribution in [0.1, 0.15) is 25.0 Å². The third-order valence-corrected chi connectivity index (χ3v) is 5.08. The van der Waals surface area contributed by atoms with Crippen LogP contribution in [0.4, 0.5) is 5.69 Å². The van der Waals surface area contributed by atoms with Crippen LogP contribution in [-0.2, 0) is 20.1 Å². The van der Waals surface area contributed by atoms with Crippen LogP contribution in [0.3, 0.4) is 0 Å². The number of hydrogen-bond donors (Lipinski definition) is 1. The number of anilines is 1. The van der Waals surface area contributed by atoms with E-state index in [1.54, 1.807) is 0 Å². The van der Waals surface area contributed by atoms with Crippen molar-refractivity contribution in [2.75, 3.05) is 5.32 Å². The van der Waals surface area contributed by atoms with E-state index < -0.39 is 13.5 Å². The molecule has 0 atom stereocenters. The van der Waals surface area contributed by atoms with Crippen molar-refractivity contribution in [2.45, 2.75) is 26.5 Å². The van der Waals surface area contributed by atoms with Gasteiger partial charge in [-0.1, -0.05) is 0 Å². The first kappa shape index (κ1) is 18.7. The maximum absolute atomic E-state index is 6.07. The summed E-state index contributed by atoms with van der Waals surface area (Å²) >= 11 is 4.16. The van der Waals surface area contributed by atoms with Gasteiger partial charge in [-0.25, -0.2) is 0 Å². The van der Waals surface area contributed by atoms with Gasteiger partial charge < -0.3 is 0 Å². The standard InChI is InChI=1S/C17H18ClNO.2ClH.Ru/c1-12(2)20-17-7-5-4-6-16(17)19-11-14-8-9-15(18)10-13(14)3;;;/h3-10,12,19H,11H2,1-2H3;2*1H;/q;;;+2/p-2. The number of rotatable bonds is 6. The average Bonchev–Trinajstić information content (AvgIpc) is 2.46. The Balaban J connectivity index is 2.20. The topological polar surface area (TPSA) is 21.3 Å². The number of nitrogens with one attached hydrogen (secondary N) is 1.